The molecule has 0 saturated carbocycles. The Morgan fingerprint density at radius 1 is 1.16 bits per heavy atom. The number of amides is 2. The maximum absolute atomic E-state index is 12.4. The number of hydrogen-bond donors (Lipinski definition) is 1. The van der Waals surface area contributed by atoms with Crippen molar-refractivity contribution in [2.45, 2.75) is 17.7 Å². The molecular weight excluding hydrogens is 485 g/mol. The van der Waals surface area contributed by atoms with Gasteiger partial charge >= 0.3 is 0 Å². The van der Waals surface area contributed by atoms with Gasteiger partial charge in [-0.3, -0.25) is 9.59 Å². The van der Waals surface area contributed by atoms with Crippen LogP contribution in [0.25, 0.3) is 6.08 Å². The number of anilines is 1. The standard InChI is InChI=1S/C20H16Cl3N3O4S/c1-2-12-3-5-14(6-4-12)31(29,30)8-7-18(27)24-17-11-19(28)26(25-17)20-15(22)9-13(21)10-16(20)23/h2-6,9-10H,1,7-8,11H2,(H,24,25,27). The highest BCUT2D eigenvalue weighted by molar-refractivity contribution is 7.91. The van der Waals surface area contributed by atoms with Crippen LogP contribution in [-0.4, -0.2) is 31.8 Å². The molecule has 0 spiro atoms. The molecule has 1 heterocycles. The molecule has 2 amide bonds. The van der Waals surface area contributed by atoms with Crippen LogP contribution in [0.15, 0.2) is 53.0 Å². The molecule has 2 aromatic carbocycles. The van der Waals surface area contributed by atoms with E-state index in [2.05, 4.69) is 17.0 Å². The van der Waals surface area contributed by atoms with Crippen LogP contribution in [0, 0.1) is 0 Å². The Balaban J connectivity index is 1.66. The second-order valence-electron chi connectivity index (χ2n) is 6.54. The lowest BCUT2D eigenvalue weighted by Crippen LogP contribution is -2.31. The van der Waals surface area contributed by atoms with Crippen molar-refractivity contribution in [1.82, 2.24) is 5.32 Å². The van der Waals surface area contributed by atoms with Crippen molar-refractivity contribution in [1.29, 1.82) is 0 Å². The molecule has 0 fully saturated rings. The summed E-state index contributed by atoms with van der Waals surface area (Å²) >= 11 is 18.1. The highest BCUT2D eigenvalue weighted by Gasteiger charge is 2.30. The Morgan fingerprint density at radius 2 is 1.77 bits per heavy atom. The minimum Gasteiger partial charge on any atom is -0.312 e. The highest BCUT2D eigenvalue weighted by Crippen LogP contribution is 2.38. The number of sulfone groups is 1. The summed E-state index contributed by atoms with van der Waals surface area (Å²) in [6.45, 7) is 3.61. The maximum atomic E-state index is 12.4. The predicted octanol–water partition coefficient (Wildman–Crippen LogP) is 4.32. The Bertz CT molecular complexity index is 1170. The van der Waals surface area contributed by atoms with Gasteiger partial charge in [0.05, 0.1) is 27.1 Å². The normalized spacial score (nSPS) is 13.8. The Morgan fingerprint density at radius 3 is 2.35 bits per heavy atom. The van der Waals surface area contributed by atoms with Crippen LogP contribution < -0.4 is 10.3 Å². The number of nitrogens with one attached hydrogen (secondary N) is 1. The molecule has 0 unspecified atom stereocenters. The molecule has 7 nitrogen and oxygen atoms in total. The fourth-order valence-corrected chi connectivity index (χ4v) is 5.01. The summed E-state index contributed by atoms with van der Waals surface area (Å²) in [5, 5.41) is 8.03. The number of hydrazone groups is 1. The van der Waals surface area contributed by atoms with Gasteiger partial charge in [0.1, 0.15) is 11.5 Å². The van der Waals surface area contributed by atoms with E-state index in [9.17, 15) is 18.0 Å². The first-order chi connectivity index (χ1) is 14.6. The lowest BCUT2D eigenvalue weighted by molar-refractivity contribution is -0.119. The van der Waals surface area contributed by atoms with Crippen LogP contribution in [0.2, 0.25) is 15.1 Å². The largest absolute Gasteiger partial charge is 0.312 e. The number of hydrogen-bond acceptors (Lipinski definition) is 5. The summed E-state index contributed by atoms with van der Waals surface area (Å²) in [6.07, 6.45) is 1.10. The molecule has 0 aliphatic carbocycles. The van der Waals surface area contributed by atoms with Gasteiger partial charge < -0.3 is 5.32 Å². The molecule has 0 aromatic heterocycles. The van der Waals surface area contributed by atoms with E-state index in [1.165, 1.54) is 24.3 Å². The first kappa shape index (κ1) is 23.3. The zero-order chi connectivity index (χ0) is 22.8. The van der Waals surface area contributed by atoms with Crippen molar-refractivity contribution in [2.24, 2.45) is 5.10 Å². The van der Waals surface area contributed by atoms with Gasteiger partial charge in [-0.1, -0.05) is 59.6 Å². The lowest BCUT2D eigenvalue weighted by atomic mass is 10.2. The van der Waals surface area contributed by atoms with E-state index in [1.807, 2.05) is 0 Å². The fraction of sp³-hybridized carbons (Fsp3) is 0.150. The Labute approximate surface area is 194 Å². The molecular formula is C20H16Cl3N3O4S. The molecule has 1 aliphatic rings. The first-order valence-corrected chi connectivity index (χ1v) is 11.7. The molecule has 2 aromatic rings. The second kappa shape index (κ2) is 9.40. The van der Waals surface area contributed by atoms with Gasteiger partial charge in [0.15, 0.2) is 9.84 Å². The Kier molecular flexibility index (Phi) is 7.06. The summed E-state index contributed by atoms with van der Waals surface area (Å²) < 4.78 is 24.9. The quantitative estimate of drug-likeness (QED) is 0.639. The predicted molar refractivity (Wildman–Crippen MR) is 122 cm³/mol. The van der Waals surface area contributed by atoms with E-state index in [1.54, 1.807) is 18.2 Å². The van der Waals surface area contributed by atoms with Crippen molar-refractivity contribution < 1.29 is 18.0 Å². The third kappa shape index (κ3) is 5.46. The summed E-state index contributed by atoms with van der Waals surface area (Å²) in [7, 11) is -3.65. The van der Waals surface area contributed by atoms with Crippen LogP contribution in [0.5, 0.6) is 0 Å². The van der Waals surface area contributed by atoms with Gasteiger partial charge in [-0.25, -0.2) is 8.42 Å². The van der Waals surface area contributed by atoms with Gasteiger partial charge in [0.2, 0.25) is 5.91 Å². The van der Waals surface area contributed by atoms with E-state index >= 15 is 0 Å². The average molecular weight is 501 g/mol. The molecule has 3 rings (SSSR count). The number of benzene rings is 2. The van der Waals surface area contributed by atoms with Gasteiger partial charge in [-0.15, -0.1) is 0 Å². The van der Waals surface area contributed by atoms with E-state index in [4.69, 9.17) is 34.8 Å². The van der Waals surface area contributed by atoms with Crippen molar-refractivity contribution in [2.75, 3.05) is 10.8 Å². The van der Waals surface area contributed by atoms with Crippen molar-refractivity contribution >= 4 is 74.1 Å². The SMILES string of the molecule is C=Cc1ccc(S(=O)(=O)CCC(=O)NC2=NN(c3c(Cl)cc(Cl)cc3Cl)C(=O)C2)cc1. The van der Waals surface area contributed by atoms with Crippen LogP contribution in [0.1, 0.15) is 18.4 Å². The second-order valence-corrected chi connectivity index (χ2v) is 9.90. The summed E-state index contributed by atoms with van der Waals surface area (Å²) in [6, 6.07) is 9.00. The number of carbonyl (C=O) groups excluding carboxylic acids is 2. The van der Waals surface area contributed by atoms with Crippen LogP contribution in [-0.2, 0) is 19.4 Å². The van der Waals surface area contributed by atoms with Crippen LogP contribution in [0.4, 0.5) is 5.69 Å². The van der Waals surface area contributed by atoms with Crippen molar-refractivity contribution in [3.05, 3.63) is 63.6 Å². The third-order valence-corrected chi connectivity index (χ3v) is 6.85. The smallest absolute Gasteiger partial charge is 0.255 e. The number of carbonyl (C=O) groups is 2. The average Bonchev–Trinajstić information content (AvgIpc) is 3.05. The molecule has 0 atom stereocenters. The summed E-state index contributed by atoms with van der Waals surface area (Å²) in [5.41, 5.74) is 0.929. The van der Waals surface area contributed by atoms with Gasteiger partial charge in [-0.05, 0) is 29.8 Å². The number of amidine groups is 1. The third-order valence-electron chi connectivity index (χ3n) is 4.33. The minimum atomic E-state index is -3.65. The lowest BCUT2D eigenvalue weighted by Gasteiger charge is -2.15. The zero-order valence-corrected chi connectivity index (χ0v) is 19.0. The van der Waals surface area contributed by atoms with E-state index < -0.39 is 27.4 Å². The minimum absolute atomic E-state index is 0.0600. The van der Waals surface area contributed by atoms with E-state index in [0.29, 0.717) is 5.02 Å². The van der Waals surface area contributed by atoms with Gasteiger partial charge in [0, 0.05) is 11.4 Å². The molecule has 31 heavy (non-hydrogen) atoms. The first-order valence-electron chi connectivity index (χ1n) is 8.91. The topological polar surface area (TPSA) is 95.9 Å². The van der Waals surface area contributed by atoms with Crippen LogP contribution in [0.3, 0.4) is 0 Å². The monoisotopic (exact) mass is 499 g/mol. The number of nitrogens with zero attached hydrogens (tertiary/aromatic N) is 2. The van der Waals surface area contributed by atoms with Gasteiger partial charge in [0.25, 0.3) is 5.91 Å². The summed E-state index contributed by atoms with van der Waals surface area (Å²) in [5.74, 6) is -1.39. The molecule has 1 N–H and O–H groups in total. The molecule has 0 bridgehead atoms. The van der Waals surface area contributed by atoms with Crippen molar-refractivity contribution in [3.63, 3.8) is 0 Å². The van der Waals surface area contributed by atoms with Crippen molar-refractivity contribution in [3.8, 4) is 0 Å². The molecule has 11 heteroatoms. The van der Waals surface area contributed by atoms with Gasteiger partial charge in [-0.2, -0.15) is 10.1 Å². The molecule has 1 aliphatic heterocycles. The molecule has 162 valence electrons. The Hall–Kier alpha value is -2.39. The zero-order valence-electron chi connectivity index (χ0n) is 15.9. The number of halogens is 3. The highest BCUT2D eigenvalue weighted by atomic mass is 35.5. The van der Waals surface area contributed by atoms with Crippen LogP contribution >= 0.6 is 34.8 Å². The molecule has 0 saturated heterocycles. The molecule has 0 radical (unpaired) electrons. The summed E-state index contributed by atoms with van der Waals surface area (Å²) in [4.78, 5) is 24.7. The van der Waals surface area contributed by atoms with E-state index in [0.717, 1.165) is 10.6 Å². The van der Waals surface area contributed by atoms with E-state index in [-0.39, 0.29) is 39.3 Å². The fourth-order valence-electron chi connectivity index (χ4n) is 2.79. The maximum Gasteiger partial charge on any atom is 0.255 e. The number of rotatable bonds is 6.